The van der Waals surface area contributed by atoms with Crippen molar-refractivity contribution in [2.75, 3.05) is 14.2 Å². The Morgan fingerprint density at radius 3 is 2.75 bits per heavy atom. The van der Waals surface area contributed by atoms with Crippen molar-refractivity contribution in [1.82, 2.24) is 4.98 Å². The second-order valence-electron chi connectivity index (χ2n) is 4.63. The summed E-state index contributed by atoms with van der Waals surface area (Å²) in [5.41, 5.74) is 1.37. The lowest BCUT2D eigenvalue weighted by Crippen LogP contribution is -2.09. The first kappa shape index (κ1) is 14.3. The van der Waals surface area contributed by atoms with Crippen LogP contribution in [0.3, 0.4) is 0 Å². The van der Waals surface area contributed by atoms with Gasteiger partial charge in [-0.1, -0.05) is 13.3 Å². The minimum atomic E-state index is -0.334. The zero-order valence-corrected chi connectivity index (χ0v) is 12.1. The fraction of sp³-hybridized carbons (Fsp3) is 0.375. The maximum atomic E-state index is 12.1. The fourth-order valence-corrected chi connectivity index (χ4v) is 2.23. The number of aryl methyl sites for hydroxylation is 1. The molecule has 0 N–H and O–H groups in total. The highest BCUT2D eigenvalue weighted by atomic mass is 16.5. The van der Waals surface area contributed by atoms with Crippen LogP contribution in [-0.4, -0.2) is 25.2 Å². The van der Waals surface area contributed by atoms with Crippen LogP contribution < -0.4 is 4.74 Å². The number of hydrogen-bond donors (Lipinski definition) is 0. The molecule has 0 atom stereocenters. The Hall–Kier alpha value is -2.10. The van der Waals surface area contributed by atoms with E-state index in [4.69, 9.17) is 9.47 Å². The van der Waals surface area contributed by atoms with Crippen molar-refractivity contribution in [1.29, 1.82) is 0 Å². The van der Waals surface area contributed by atoms with Crippen LogP contribution in [0.15, 0.2) is 24.4 Å². The molecule has 0 radical (unpaired) electrons. The number of aromatic nitrogens is 1. The highest BCUT2D eigenvalue weighted by Gasteiger charge is 2.17. The van der Waals surface area contributed by atoms with E-state index in [0.717, 1.165) is 41.5 Å². The zero-order valence-electron chi connectivity index (χ0n) is 12.1. The number of unbranched alkanes of at least 4 members (excludes halogenated alkanes) is 1. The third-order valence-corrected chi connectivity index (χ3v) is 3.33. The molecule has 2 rings (SSSR count). The fourth-order valence-electron chi connectivity index (χ4n) is 2.23. The average molecular weight is 273 g/mol. The van der Waals surface area contributed by atoms with Gasteiger partial charge in [0.1, 0.15) is 5.75 Å². The van der Waals surface area contributed by atoms with Gasteiger partial charge in [-0.15, -0.1) is 0 Å². The van der Waals surface area contributed by atoms with Gasteiger partial charge in [0.15, 0.2) is 0 Å². The second kappa shape index (κ2) is 6.37. The summed E-state index contributed by atoms with van der Waals surface area (Å²) in [6.07, 6.45) is 4.62. The Bertz CT molecular complexity index is 622. The third-order valence-electron chi connectivity index (χ3n) is 3.33. The Morgan fingerprint density at radius 1 is 1.30 bits per heavy atom. The number of hydrogen-bond acceptors (Lipinski definition) is 4. The van der Waals surface area contributed by atoms with E-state index in [1.54, 1.807) is 13.3 Å². The summed E-state index contributed by atoms with van der Waals surface area (Å²) in [4.78, 5) is 16.5. The van der Waals surface area contributed by atoms with E-state index >= 15 is 0 Å². The molecular weight excluding hydrogens is 254 g/mol. The number of pyridine rings is 1. The van der Waals surface area contributed by atoms with Gasteiger partial charge >= 0.3 is 5.97 Å². The normalized spacial score (nSPS) is 10.6. The Labute approximate surface area is 118 Å². The van der Waals surface area contributed by atoms with Crippen molar-refractivity contribution in [3.8, 4) is 5.75 Å². The number of ether oxygens (including phenoxy) is 2. The van der Waals surface area contributed by atoms with Crippen molar-refractivity contribution in [2.24, 2.45) is 0 Å². The van der Waals surface area contributed by atoms with Crippen LogP contribution in [0.4, 0.5) is 0 Å². The van der Waals surface area contributed by atoms with Crippen molar-refractivity contribution in [3.05, 3.63) is 35.7 Å². The van der Waals surface area contributed by atoms with E-state index < -0.39 is 0 Å². The first-order valence-electron chi connectivity index (χ1n) is 6.75. The molecule has 0 fully saturated rings. The number of fused-ring (bicyclic) bond motifs is 1. The van der Waals surface area contributed by atoms with Gasteiger partial charge in [0, 0.05) is 11.6 Å². The molecule has 2 aromatic rings. The molecule has 0 saturated heterocycles. The smallest absolute Gasteiger partial charge is 0.340 e. The molecule has 4 nitrogen and oxygen atoms in total. The lowest BCUT2D eigenvalue weighted by atomic mass is 10.0. The van der Waals surface area contributed by atoms with Crippen LogP contribution in [0.5, 0.6) is 5.75 Å². The molecule has 0 spiro atoms. The predicted molar refractivity (Wildman–Crippen MR) is 78.2 cm³/mol. The average Bonchev–Trinajstić information content (AvgIpc) is 2.50. The first-order chi connectivity index (χ1) is 9.71. The molecule has 0 bridgehead atoms. The third kappa shape index (κ3) is 2.74. The number of esters is 1. The quantitative estimate of drug-likeness (QED) is 0.784. The Morgan fingerprint density at radius 2 is 2.10 bits per heavy atom. The van der Waals surface area contributed by atoms with Crippen molar-refractivity contribution in [2.45, 2.75) is 26.2 Å². The summed E-state index contributed by atoms with van der Waals surface area (Å²) in [6.45, 7) is 2.11. The number of carbonyl (C=O) groups is 1. The van der Waals surface area contributed by atoms with Crippen LogP contribution in [0.25, 0.3) is 10.8 Å². The summed E-state index contributed by atoms with van der Waals surface area (Å²) in [7, 11) is 3.01. The minimum Gasteiger partial charge on any atom is -0.497 e. The van der Waals surface area contributed by atoms with Gasteiger partial charge in [0.25, 0.3) is 0 Å². The molecule has 1 aromatic carbocycles. The zero-order chi connectivity index (χ0) is 14.5. The van der Waals surface area contributed by atoms with Gasteiger partial charge in [-0.3, -0.25) is 4.98 Å². The highest BCUT2D eigenvalue weighted by Crippen LogP contribution is 2.26. The summed E-state index contributed by atoms with van der Waals surface area (Å²) in [5, 5.41) is 1.74. The molecule has 20 heavy (non-hydrogen) atoms. The van der Waals surface area contributed by atoms with Crippen LogP contribution in [0.1, 0.15) is 35.8 Å². The molecular formula is C16H19NO3. The van der Waals surface area contributed by atoms with E-state index in [0.29, 0.717) is 5.56 Å². The van der Waals surface area contributed by atoms with Gasteiger partial charge in [-0.2, -0.15) is 0 Å². The van der Waals surface area contributed by atoms with Crippen molar-refractivity contribution in [3.63, 3.8) is 0 Å². The SMILES string of the molecule is CCCCc1ncc2cc(OC)ccc2c1C(=O)OC. The van der Waals surface area contributed by atoms with Crippen molar-refractivity contribution >= 4 is 16.7 Å². The molecule has 0 unspecified atom stereocenters. The molecule has 0 aliphatic carbocycles. The number of benzene rings is 1. The van der Waals surface area contributed by atoms with Crippen LogP contribution in [0.2, 0.25) is 0 Å². The molecule has 0 saturated carbocycles. The first-order valence-corrected chi connectivity index (χ1v) is 6.75. The van der Waals surface area contributed by atoms with Gasteiger partial charge < -0.3 is 9.47 Å². The summed E-state index contributed by atoms with van der Waals surface area (Å²) >= 11 is 0. The van der Waals surface area contributed by atoms with E-state index in [9.17, 15) is 4.79 Å². The van der Waals surface area contributed by atoms with E-state index in [-0.39, 0.29) is 5.97 Å². The summed E-state index contributed by atoms with van der Waals surface area (Å²) in [6, 6.07) is 5.61. The topological polar surface area (TPSA) is 48.4 Å². The second-order valence-corrected chi connectivity index (χ2v) is 4.63. The molecule has 1 heterocycles. The lowest BCUT2D eigenvalue weighted by Gasteiger charge is -2.11. The molecule has 0 aliphatic heterocycles. The largest absolute Gasteiger partial charge is 0.497 e. The van der Waals surface area contributed by atoms with Gasteiger partial charge in [-0.05, 0) is 36.4 Å². The summed E-state index contributed by atoms with van der Waals surface area (Å²) < 4.78 is 10.1. The van der Waals surface area contributed by atoms with Crippen LogP contribution in [-0.2, 0) is 11.2 Å². The van der Waals surface area contributed by atoms with Crippen LogP contribution >= 0.6 is 0 Å². The van der Waals surface area contributed by atoms with Gasteiger partial charge in [0.2, 0.25) is 0 Å². The Kier molecular flexibility index (Phi) is 4.56. The van der Waals surface area contributed by atoms with Crippen molar-refractivity contribution < 1.29 is 14.3 Å². The maximum absolute atomic E-state index is 12.1. The molecule has 0 aliphatic rings. The number of methoxy groups -OCH3 is 2. The van der Waals surface area contributed by atoms with E-state index in [1.165, 1.54) is 7.11 Å². The molecule has 106 valence electrons. The predicted octanol–water partition coefficient (Wildman–Crippen LogP) is 3.37. The van der Waals surface area contributed by atoms with Gasteiger partial charge in [-0.25, -0.2) is 4.79 Å². The lowest BCUT2D eigenvalue weighted by molar-refractivity contribution is 0.0601. The standard InChI is InChI=1S/C16H19NO3/c1-4-5-6-14-15(16(18)20-3)13-8-7-12(19-2)9-11(13)10-17-14/h7-10H,4-6H2,1-3H3. The van der Waals surface area contributed by atoms with E-state index in [2.05, 4.69) is 11.9 Å². The van der Waals surface area contributed by atoms with Gasteiger partial charge in [0.05, 0.1) is 25.5 Å². The summed E-state index contributed by atoms with van der Waals surface area (Å²) in [5.74, 6) is 0.413. The molecule has 4 heteroatoms. The van der Waals surface area contributed by atoms with E-state index in [1.807, 2.05) is 18.2 Å². The minimum absolute atomic E-state index is 0.334. The highest BCUT2D eigenvalue weighted by molar-refractivity contribution is 6.05. The number of rotatable bonds is 5. The molecule has 0 amide bonds. The monoisotopic (exact) mass is 273 g/mol. The number of nitrogens with zero attached hydrogens (tertiary/aromatic N) is 1. The number of carbonyl (C=O) groups excluding carboxylic acids is 1. The Balaban J connectivity index is 2.60. The maximum Gasteiger partial charge on any atom is 0.340 e. The van der Waals surface area contributed by atoms with Crippen LogP contribution in [0, 0.1) is 0 Å². The molecule has 1 aromatic heterocycles.